The molecule has 0 aliphatic heterocycles. The lowest BCUT2D eigenvalue weighted by Gasteiger charge is -2.16. The topological polar surface area (TPSA) is 90.1 Å². The van der Waals surface area contributed by atoms with Gasteiger partial charge in [-0.2, -0.15) is 18.3 Å². The highest BCUT2D eigenvalue weighted by Gasteiger charge is 2.34. The van der Waals surface area contributed by atoms with Gasteiger partial charge in [-0.15, -0.1) is 11.8 Å². The van der Waals surface area contributed by atoms with E-state index in [2.05, 4.69) is 10.4 Å². The van der Waals surface area contributed by atoms with E-state index in [1.165, 1.54) is 46.8 Å². The van der Waals surface area contributed by atoms with Gasteiger partial charge in [-0.3, -0.25) is 14.9 Å². The predicted molar refractivity (Wildman–Crippen MR) is 114 cm³/mol. The van der Waals surface area contributed by atoms with Crippen LogP contribution in [0, 0.1) is 24.0 Å². The molecule has 0 unspecified atom stereocenters. The molecule has 1 N–H and O–H groups in total. The van der Waals surface area contributed by atoms with E-state index in [0.29, 0.717) is 16.3 Å². The fraction of sp³-hybridized carbons (Fsp3) is 0.238. The van der Waals surface area contributed by atoms with Crippen molar-refractivity contribution < 1.29 is 22.9 Å². The standard InChI is InChI=1S/C21H19F3N4O3S/c1-12-8-13(2)27(26-12)15-5-4-14(18(9-15)21(22,23)24)11-25-20(29)17-10-16(32-3)6-7-19(17)28(30)31/h4-10H,11H2,1-3H3,(H,25,29). The van der Waals surface area contributed by atoms with Crippen LogP contribution in [-0.4, -0.2) is 26.9 Å². The smallest absolute Gasteiger partial charge is 0.348 e. The van der Waals surface area contributed by atoms with Crippen LogP contribution in [-0.2, 0) is 12.7 Å². The number of aromatic nitrogens is 2. The molecule has 2 aromatic carbocycles. The lowest BCUT2D eigenvalue weighted by atomic mass is 10.1. The van der Waals surface area contributed by atoms with Crippen LogP contribution in [0.4, 0.5) is 18.9 Å². The van der Waals surface area contributed by atoms with Gasteiger partial charge in [0, 0.05) is 23.2 Å². The van der Waals surface area contributed by atoms with Gasteiger partial charge >= 0.3 is 6.18 Å². The Morgan fingerprint density at radius 1 is 1.19 bits per heavy atom. The van der Waals surface area contributed by atoms with Crippen LogP contribution in [0.15, 0.2) is 47.4 Å². The van der Waals surface area contributed by atoms with Gasteiger partial charge in [0.1, 0.15) is 5.56 Å². The Morgan fingerprint density at radius 3 is 2.47 bits per heavy atom. The first-order valence-corrected chi connectivity index (χ1v) is 10.6. The van der Waals surface area contributed by atoms with Crippen LogP contribution in [0.5, 0.6) is 0 Å². The summed E-state index contributed by atoms with van der Waals surface area (Å²) in [5.41, 5.74) is -0.138. The summed E-state index contributed by atoms with van der Waals surface area (Å²) < 4.78 is 42.6. The van der Waals surface area contributed by atoms with Crippen molar-refractivity contribution in [2.24, 2.45) is 0 Å². The van der Waals surface area contributed by atoms with Crippen molar-refractivity contribution in [1.29, 1.82) is 0 Å². The van der Waals surface area contributed by atoms with Crippen LogP contribution in [0.3, 0.4) is 0 Å². The number of halogens is 3. The molecule has 0 aliphatic carbocycles. The highest BCUT2D eigenvalue weighted by Crippen LogP contribution is 2.34. The van der Waals surface area contributed by atoms with Crippen molar-refractivity contribution in [3.8, 4) is 5.69 Å². The fourth-order valence-corrected chi connectivity index (χ4v) is 3.70. The first kappa shape index (κ1) is 23.3. The molecule has 0 radical (unpaired) electrons. The number of thioether (sulfide) groups is 1. The number of nitro benzene ring substituents is 1. The highest BCUT2D eigenvalue weighted by atomic mass is 32.2. The Hall–Kier alpha value is -3.34. The maximum atomic E-state index is 13.7. The number of hydrogen-bond donors (Lipinski definition) is 1. The number of alkyl halides is 3. The van der Waals surface area contributed by atoms with Gasteiger partial charge < -0.3 is 5.32 Å². The summed E-state index contributed by atoms with van der Waals surface area (Å²) in [6.45, 7) is 3.02. The SMILES string of the molecule is CSc1ccc([N+](=O)[O-])c(C(=O)NCc2ccc(-n3nc(C)cc3C)cc2C(F)(F)F)c1. The maximum Gasteiger partial charge on any atom is 0.416 e. The van der Waals surface area contributed by atoms with Gasteiger partial charge in [0.15, 0.2) is 0 Å². The lowest BCUT2D eigenvalue weighted by Crippen LogP contribution is -2.25. The monoisotopic (exact) mass is 464 g/mol. The quantitative estimate of drug-likeness (QED) is 0.313. The van der Waals surface area contributed by atoms with E-state index in [1.54, 1.807) is 26.2 Å². The second-order valence-corrected chi connectivity index (χ2v) is 7.88. The number of carbonyl (C=O) groups excluding carboxylic acids is 1. The minimum absolute atomic E-state index is 0.167. The number of rotatable bonds is 6. The normalized spacial score (nSPS) is 11.4. The van der Waals surface area contributed by atoms with Crippen molar-refractivity contribution >= 4 is 23.4 Å². The third-order valence-electron chi connectivity index (χ3n) is 4.74. The number of benzene rings is 2. The van der Waals surface area contributed by atoms with E-state index in [0.717, 1.165) is 6.07 Å². The minimum atomic E-state index is -4.67. The van der Waals surface area contributed by atoms with Crippen LogP contribution in [0.2, 0.25) is 0 Å². The number of aryl methyl sites for hydroxylation is 2. The first-order valence-electron chi connectivity index (χ1n) is 9.35. The molecule has 0 spiro atoms. The van der Waals surface area contributed by atoms with Crippen LogP contribution < -0.4 is 5.32 Å². The third kappa shape index (κ3) is 4.93. The van der Waals surface area contributed by atoms with Gasteiger partial charge in [0.2, 0.25) is 0 Å². The van der Waals surface area contributed by atoms with E-state index in [4.69, 9.17) is 0 Å². The average molecular weight is 464 g/mol. The van der Waals surface area contributed by atoms with E-state index in [9.17, 15) is 28.1 Å². The van der Waals surface area contributed by atoms with Crippen molar-refractivity contribution in [3.63, 3.8) is 0 Å². The van der Waals surface area contributed by atoms with E-state index < -0.39 is 34.8 Å². The van der Waals surface area contributed by atoms with Gasteiger partial charge in [-0.05, 0) is 56.0 Å². The number of nitrogens with zero attached hydrogens (tertiary/aromatic N) is 3. The Kier molecular flexibility index (Phi) is 6.58. The number of nitro groups is 1. The molecule has 0 aliphatic rings. The number of carbonyl (C=O) groups is 1. The molecule has 0 saturated carbocycles. The van der Waals surface area contributed by atoms with Crippen molar-refractivity contribution in [2.75, 3.05) is 6.26 Å². The number of amides is 1. The zero-order valence-corrected chi connectivity index (χ0v) is 18.2. The second kappa shape index (κ2) is 9.03. The fourth-order valence-electron chi connectivity index (χ4n) is 3.26. The highest BCUT2D eigenvalue weighted by molar-refractivity contribution is 7.98. The maximum absolute atomic E-state index is 13.7. The molecule has 0 fully saturated rings. The van der Waals surface area contributed by atoms with Crippen LogP contribution in [0.25, 0.3) is 5.69 Å². The molecule has 11 heteroatoms. The Labute approximate surface area is 185 Å². The molecule has 7 nitrogen and oxygen atoms in total. The molecular formula is C21H19F3N4O3S. The third-order valence-corrected chi connectivity index (χ3v) is 5.46. The molecule has 1 amide bonds. The summed E-state index contributed by atoms with van der Waals surface area (Å²) in [6, 6.07) is 9.50. The van der Waals surface area contributed by atoms with E-state index in [-0.39, 0.29) is 16.8 Å². The molecule has 0 saturated heterocycles. The second-order valence-electron chi connectivity index (χ2n) is 7.00. The van der Waals surface area contributed by atoms with Crippen LogP contribution >= 0.6 is 11.8 Å². The first-order chi connectivity index (χ1) is 15.0. The van der Waals surface area contributed by atoms with Gasteiger partial charge in [0.25, 0.3) is 11.6 Å². The summed E-state index contributed by atoms with van der Waals surface area (Å²) >= 11 is 1.28. The zero-order chi connectivity index (χ0) is 23.6. The zero-order valence-electron chi connectivity index (χ0n) is 17.4. The minimum Gasteiger partial charge on any atom is -0.348 e. The van der Waals surface area contributed by atoms with Crippen molar-refractivity contribution in [2.45, 2.75) is 31.5 Å². The molecule has 168 valence electrons. The van der Waals surface area contributed by atoms with Gasteiger partial charge in [0.05, 0.1) is 21.9 Å². The molecular weight excluding hydrogens is 445 g/mol. The molecule has 0 bridgehead atoms. The average Bonchev–Trinajstić information content (AvgIpc) is 3.08. The molecule has 0 atom stereocenters. The van der Waals surface area contributed by atoms with Gasteiger partial charge in [-0.25, -0.2) is 4.68 Å². The molecule has 1 aromatic heterocycles. The summed E-state index contributed by atoms with van der Waals surface area (Å²) in [7, 11) is 0. The van der Waals surface area contributed by atoms with Crippen LogP contribution in [0.1, 0.15) is 32.9 Å². The Bertz CT molecular complexity index is 1190. The number of hydrogen-bond acceptors (Lipinski definition) is 5. The number of nitrogens with one attached hydrogen (secondary N) is 1. The van der Waals surface area contributed by atoms with Gasteiger partial charge in [-0.1, -0.05) is 6.07 Å². The Balaban J connectivity index is 1.92. The van der Waals surface area contributed by atoms with E-state index in [1.807, 2.05) is 0 Å². The molecule has 3 aromatic rings. The summed E-state index contributed by atoms with van der Waals surface area (Å²) in [5.74, 6) is -0.830. The van der Waals surface area contributed by atoms with Crippen molar-refractivity contribution in [1.82, 2.24) is 15.1 Å². The molecule has 1 heterocycles. The molecule has 3 rings (SSSR count). The lowest BCUT2D eigenvalue weighted by molar-refractivity contribution is -0.385. The Morgan fingerprint density at radius 2 is 1.91 bits per heavy atom. The van der Waals surface area contributed by atoms with E-state index >= 15 is 0 Å². The largest absolute Gasteiger partial charge is 0.416 e. The predicted octanol–water partition coefficient (Wildman–Crippen LogP) is 5.07. The molecule has 32 heavy (non-hydrogen) atoms. The summed E-state index contributed by atoms with van der Waals surface area (Å²) in [6.07, 6.45) is -2.93. The van der Waals surface area contributed by atoms with Crippen molar-refractivity contribution in [3.05, 3.63) is 80.7 Å². The summed E-state index contributed by atoms with van der Waals surface area (Å²) in [5, 5.41) is 17.8. The summed E-state index contributed by atoms with van der Waals surface area (Å²) in [4.78, 5) is 23.7.